The minimum Gasteiger partial charge on any atom is -0.392 e. The van der Waals surface area contributed by atoms with E-state index in [1.165, 1.54) is 0 Å². The normalized spacial score (nSPS) is 19.8. The van der Waals surface area contributed by atoms with Crippen LogP contribution in [0.3, 0.4) is 0 Å². The number of aromatic amines is 2. The lowest BCUT2D eigenvalue weighted by molar-refractivity contribution is 0.175. The molecule has 0 saturated carbocycles. The average Bonchev–Trinajstić information content (AvgIpc) is 2.77. The molecule has 3 rings (SSSR count). The molecule has 3 N–H and O–H groups in total. The van der Waals surface area contributed by atoms with Crippen LogP contribution in [0, 0.1) is 0 Å². The third-order valence-electron chi connectivity index (χ3n) is 3.52. The van der Waals surface area contributed by atoms with E-state index in [-0.39, 0.29) is 6.10 Å². The van der Waals surface area contributed by atoms with E-state index in [0.29, 0.717) is 24.1 Å². The third kappa shape index (κ3) is 2.56. The highest BCUT2D eigenvalue weighted by molar-refractivity contribution is 9.10. The third-order valence-corrected chi connectivity index (χ3v) is 3.98. The van der Waals surface area contributed by atoms with Gasteiger partial charge in [0.25, 0.3) is 0 Å². The van der Waals surface area contributed by atoms with Crippen LogP contribution in [-0.4, -0.2) is 39.2 Å². The summed E-state index contributed by atoms with van der Waals surface area (Å²) in [4.78, 5) is 30.2. The maximum atomic E-state index is 11.5. The number of nitrogens with one attached hydrogen (secondary N) is 2. The van der Waals surface area contributed by atoms with Crippen molar-refractivity contribution in [2.45, 2.75) is 19.1 Å². The molecular formula is C13H14BrN3O3. The molecule has 1 unspecified atom stereocenters. The Hall–Kier alpha value is -1.44. The molecule has 0 bridgehead atoms. The molecule has 1 aliphatic rings. The lowest BCUT2D eigenvalue weighted by atomic mass is 10.1. The zero-order valence-electron chi connectivity index (χ0n) is 10.6. The monoisotopic (exact) mass is 339 g/mol. The molecule has 1 aliphatic heterocycles. The van der Waals surface area contributed by atoms with Gasteiger partial charge in [-0.15, -0.1) is 0 Å². The van der Waals surface area contributed by atoms with Gasteiger partial charge in [0.05, 0.1) is 17.1 Å². The number of aromatic nitrogens is 2. The molecule has 1 atom stereocenters. The van der Waals surface area contributed by atoms with E-state index < -0.39 is 11.1 Å². The van der Waals surface area contributed by atoms with Crippen LogP contribution in [0.1, 0.15) is 12.0 Å². The summed E-state index contributed by atoms with van der Waals surface area (Å²) in [5, 5.41) is 9.57. The molecule has 0 radical (unpaired) electrons. The average molecular weight is 340 g/mol. The highest BCUT2D eigenvalue weighted by Gasteiger charge is 2.21. The Morgan fingerprint density at radius 3 is 2.75 bits per heavy atom. The van der Waals surface area contributed by atoms with Crippen molar-refractivity contribution in [2.24, 2.45) is 0 Å². The minimum absolute atomic E-state index is 0.285. The Morgan fingerprint density at radius 1 is 1.30 bits per heavy atom. The Balaban J connectivity index is 2.07. The summed E-state index contributed by atoms with van der Waals surface area (Å²) in [7, 11) is 0. The zero-order valence-corrected chi connectivity index (χ0v) is 12.2. The summed E-state index contributed by atoms with van der Waals surface area (Å²) in [6.07, 6.45) is 0.478. The van der Waals surface area contributed by atoms with Gasteiger partial charge in [0.1, 0.15) is 0 Å². The van der Waals surface area contributed by atoms with Crippen LogP contribution in [0.25, 0.3) is 11.0 Å². The second kappa shape index (κ2) is 5.16. The molecule has 1 saturated heterocycles. The summed E-state index contributed by atoms with van der Waals surface area (Å²) >= 11 is 3.41. The van der Waals surface area contributed by atoms with E-state index in [2.05, 4.69) is 30.8 Å². The highest BCUT2D eigenvalue weighted by atomic mass is 79.9. The van der Waals surface area contributed by atoms with E-state index in [4.69, 9.17) is 0 Å². The molecule has 1 aromatic carbocycles. The Morgan fingerprint density at radius 2 is 2.05 bits per heavy atom. The number of hydrogen-bond acceptors (Lipinski definition) is 4. The summed E-state index contributed by atoms with van der Waals surface area (Å²) in [6, 6.07) is 3.68. The smallest absolute Gasteiger partial charge is 0.314 e. The van der Waals surface area contributed by atoms with E-state index in [1.54, 1.807) is 6.07 Å². The number of benzene rings is 1. The molecule has 20 heavy (non-hydrogen) atoms. The number of halogens is 1. The van der Waals surface area contributed by atoms with Gasteiger partial charge in [-0.3, -0.25) is 14.5 Å². The Bertz CT molecular complexity index is 768. The van der Waals surface area contributed by atoms with Crippen molar-refractivity contribution >= 4 is 27.0 Å². The molecule has 0 aliphatic carbocycles. The summed E-state index contributed by atoms with van der Waals surface area (Å²) in [5.74, 6) is 0. The molecule has 1 aromatic heterocycles. The van der Waals surface area contributed by atoms with Crippen molar-refractivity contribution in [3.63, 3.8) is 0 Å². The maximum Gasteiger partial charge on any atom is 0.314 e. The van der Waals surface area contributed by atoms with Gasteiger partial charge in [-0.2, -0.15) is 0 Å². The van der Waals surface area contributed by atoms with Gasteiger partial charge < -0.3 is 15.1 Å². The first-order chi connectivity index (χ1) is 9.52. The number of aliphatic hydroxyl groups is 1. The topological polar surface area (TPSA) is 89.2 Å². The molecule has 1 fully saturated rings. The van der Waals surface area contributed by atoms with Crippen LogP contribution in [0.4, 0.5) is 0 Å². The molecule has 0 amide bonds. The maximum absolute atomic E-state index is 11.5. The first-order valence-corrected chi connectivity index (χ1v) is 7.17. The van der Waals surface area contributed by atoms with Gasteiger partial charge in [-0.05, 0) is 24.1 Å². The number of hydrogen-bond donors (Lipinski definition) is 3. The number of nitrogens with zero attached hydrogens (tertiary/aromatic N) is 1. The molecule has 0 spiro atoms. The van der Waals surface area contributed by atoms with Crippen LogP contribution in [0.5, 0.6) is 0 Å². The van der Waals surface area contributed by atoms with Crippen LogP contribution in [0.2, 0.25) is 0 Å². The Kier molecular flexibility index (Phi) is 3.49. The van der Waals surface area contributed by atoms with Crippen LogP contribution < -0.4 is 11.1 Å². The van der Waals surface area contributed by atoms with Crippen LogP contribution in [-0.2, 0) is 6.54 Å². The molecular weight excluding hydrogens is 326 g/mol. The number of fused-ring (bicyclic) bond motifs is 1. The summed E-state index contributed by atoms with van der Waals surface area (Å²) < 4.78 is 0.836. The number of aliphatic hydroxyl groups excluding tert-OH is 1. The van der Waals surface area contributed by atoms with Crippen molar-refractivity contribution in [2.75, 3.05) is 13.1 Å². The number of β-amino-alcohol motifs (C(OH)–C–C–N with tert-alkyl or cyclic N) is 1. The number of H-pyrrole nitrogens is 2. The number of rotatable bonds is 2. The second-order valence-electron chi connectivity index (χ2n) is 5.07. The van der Waals surface area contributed by atoms with E-state index in [9.17, 15) is 14.7 Å². The van der Waals surface area contributed by atoms with E-state index in [0.717, 1.165) is 23.0 Å². The predicted molar refractivity (Wildman–Crippen MR) is 78.8 cm³/mol. The first kappa shape index (κ1) is 13.5. The van der Waals surface area contributed by atoms with Crippen molar-refractivity contribution < 1.29 is 5.11 Å². The fourth-order valence-corrected chi connectivity index (χ4v) is 3.09. The largest absolute Gasteiger partial charge is 0.392 e. The zero-order chi connectivity index (χ0) is 14.3. The molecule has 106 valence electrons. The van der Waals surface area contributed by atoms with Gasteiger partial charge in [0.15, 0.2) is 0 Å². The minimum atomic E-state index is -0.654. The second-order valence-corrected chi connectivity index (χ2v) is 5.99. The summed E-state index contributed by atoms with van der Waals surface area (Å²) in [6.45, 7) is 2.07. The standard InChI is InChI=1S/C13H14BrN3O3/c14-8-3-7(5-17-2-1-9(18)6-17)11-10(4-8)15-12(19)13(20)16-11/h3-4,9,18H,1-2,5-6H2,(H,15,19)(H,16,20). The van der Waals surface area contributed by atoms with E-state index >= 15 is 0 Å². The SMILES string of the molecule is O=c1[nH]c2cc(Br)cc(CN3CCC(O)C3)c2[nH]c1=O. The van der Waals surface area contributed by atoms with Gasteiger partial charge in [0.2, 0.25) is 0 Å². The Labute approximate surface area is 122 Å². The predicted octanol–water partition coefficient (Wildman–Crippen LogP) is 0.546. The molecule has 6 nitrogen and oxygen atoms in total. The van der Waals surface area contributed by atoms with Crippen molar-refractivity contribution in [1.82, 2.24) is 14.9 Å². The van der Waals surface area contributed by atoms with Crippen molar-refractivity contribution in [3.8, 4) is 0 Å². The van der Waals surface area contributed by atoms with E-state index in [1.807, 2.05) is 6.07 Å². The van der Waals surface area contributed by atoms with Crippen LogP contribution in [0.15, 0.2) is 26.2 Å². The lowest BCUT2D eigenvalue weighted by Crippen LogP contribution is -2.29. The lowest BCUT2D eigenvalue weighted by Gasteiger charge is -2.16. The van der Waals surface area contributed by atoms with Crippen molar-refractivity contribution in [3.05, 3.63) is 42.9 Å². The molecule has 2 heterocycles. The fraction of sp³-hybridized carbons (Fsp3) is 0.385. The van der Waals surface area contributed by atoms with Gasteiger partial charge in [0, 0.05) is 24.1 Å². The first-order valence-electron chi connectivity index (χ1n) is 6.38. The van der Waals surface area contributed by atoms with Gasteiger partial charge in [-0.1, -0.05) is 15.9 Å². The number of likely N-dealkylation sites (tertiary alicyclic amines) is 1. The van der Waals surface area contributed by atoms with Crippen molar-refractivity contribution in [1.29, 1.82) is 0 Å². The molecule has 7 heteroatoms. The van der Waals surface area contributed by atoms with Gasteiger partial charge in [-0.25, -0.2) is 0 Å². The summed E-state index contributed by atoms with van der Waals surface area (Å²) in [5.41, 5.74) is 0.843. The van der Waals surface area contributed by atoms with Gasteiger partial charge >= 0.3 is 11.1 Å². The highest BCUT2D eigenvalue weighted by Crippen LogP contribution is 2.23. The quantitative estimate of drug-likeness (QED) is 0.697. The van der Waals surface area contributed by atoms with Crippen LogP contribution >= 0.6 is 15.9 Å². The molecule has 2 aromatic rings. The fourth-order valence-electron chi connectivity index (χ4n) is 2.58.